The lowest BCUT2D eigenvalue weighted by atomic mass is 10.1. The van der Waals surface area contributed by atoms with Crippen LogP contribution in [0.4, 0.5) is 11.4 Å². The fourth-order valence-corrected chi connectivity index (χ4v) is 3.59. The molecule has 1 amide bonds. The Morgan fingerprint density at radius 2 is 2.07 bits per heavy atom. The van der Waals surface area contributed by atoms with Crippen molar-refractivity contribution in [3.05, 3.63) is 56.3 Å². The Kier molecular flexibility index (Phi) is 6.78. The van der Waals surface area contributed by atoms with Crippen LogP contribution >= 0.6 is 11.3 Å². The van der Waals surface area contributed by atoms with E-state index in [0.29, 0.717) is 38.5 Å². The zero-order valence-corrected chi connectivity index (χ0v) is 16.7. The third-order valence-corrected chi connectivity index (χ3v) is 5.24. The Bertz CT molecular complexity index is 880. The van der Waals surface area contributed by atoms with Gasteiger partial charge in [0.15, 0.2) is 6.61 Å². The molecule has 0 atom stereocenters. The SMILES string of the molecule is CN(Cc1ccsc1)C(=O)COC(=O)c1ccc(N2CCOCC2)c([N+](=O)[O-])c1. The van der Waals surface area contributed by atoms with E-state index in [1.54, 1.807) is 7.05 Å². The van der Waals surface area contributed by atoms with Crippen molar-refractivity contribution in [2.75, 3.05) is 44.9 Å². The molecule has 1 aliphatic rings. The summed E-state index contributed by atoms with van der Waals surface area (Å²) in [5.74, 6) is -1.14. The van der Waals surface area contributed by atoms with Crippen LogP contribution in [0.15, 0.2) is 35.0 Å². The van der Waals surface area contributed by atoms with Gasteiger partial charge < -0.3 is 19.3 Å². The van der Waals surface area contributed by atoms with Gasteiger partial charge in [0, 0.05) is 32.7 Å². The van der Waals surface area contributed by atoms with Crippen molar-refractivity contribution in [2.24, 2.45) is 0 Å². The number of hydrogen-bond donors (Lipinski definition) is 0. The molecule has 0 radical (unpaired) electrons. The fraction of sp³-hybridized carbons (Fsp3) is 0.368. The number of nitro groups is 1. The Morgan fingerprint density at radius 3 is 2.72 bits per heavy atom. The molecule has 0 aliphatic carbocycles. The van der Waals surface area contributed by atoms with Gasteiger partial charge in [-0.25, -0.2) is 4.79 Å². The van der Waals surface area contributed by atoms with Crippen LogP contribution in [-0.4, -0.2) is 61.7 Å². The van der Waals surface area contributed by atoms with Crippen LogP contribution in [0.5, 0.6) is 0 Å². The number of likely N-dealkylation sites (N-methyl/N-ethyl adjacent to an activating group) is 1. The largest absolute Gasteiger partial charge is 0.452 e. The number of thiophene rings is 1. The highest BCUT2D eigenvalue weighted by Crippen LogP contribution is 2.30. The van der Waals surface area contributed by atoms with Crippen LogP contribution < -0.4 is 4.90 Å². The summed E-state index contributed by atoms with van der Waals surface area (Å²) in [4.78, 5) is 38.7. The number of nitro benzene ring substituents is 1. The average Bonchev–Trinajstić information content (AvgIpc) is 3.24. The van der Waals surface area contributed by atoms with Gasteiger partial charge in [-0.1, -0.05) is 0 Å². The average molecular weight is 419 g/mol. The van der Waals surface area contributed by atoms with E-state index in [9.17, 15) is 19.7 Å². The van der Waals surface area contributed by atoms with Crippen LogP contribution in [0.3, 0.4) is 0 Å². The van der Waals surface area contributed by atoms with Crippen molar-refractivity contribution in [3.63, 3.8) is 0 Å². The lowest BCUT2D eigenvalue weighted by Crippen LogP contribution is -2.36. The molecule has 0 bridgehead atoms. The van der Waals surface area contributed by atoms with Crippen molar-refractivity contribution in [2.45, 2.75) is 6.54 Å². The molecular formula is C19H21N3O6S. The van der Waals surface area contributed by atoms with Crippen LogP contribution in [0.2, 0.25) is 0 Å². The highest BCUT2D eigenvalue weighted by Gasteiger charge is 2.24. The second-order valence-electron chi connectivity index (χ2n) is 6.52. The Labute approximate surface area is 171 Å². The normalized spacial score (nSPS) is 13.8. The first-order chi connectivity index (χ1) is 14.0. The monoisotopic (exact) mass is 419 g/mol. The third-order valence-electron chi connectivity index (χ3n) is 4.51. The molecule has 154 valence electrons. The minimum absolute atomic E-state index is 0.0296. The van der Waals surface area contributed by atoms with E-state index in [-0.39, 0.29) is 17.2 Å². The fourth-order valence-electron chi connectivity index (χ4n) is 2.93. The zero-order valence-electron chi connectivity index (χ0n) is 15.9. The smallest absolute Gasteiger partial charge is 0.338 e. The summed E-state index contributed by atoms with van der Waals surface area (Å²) in [5.41, 5.74) is 1.28. The molecule has 10 heteroatoms. The molecule has 3 rings (SSSR count). The van der Waals surface area contributed by atoms with E-state index < -0.39 is 17.5 Å². The van der Waals surface area contributed by atoms with Gasteiger partial charge in [-0.05, 0) is 34.5 Å². The van der Waals surface area contributed by atoms with Crippen LogP contribution in [0.1, 0.15) is 15.9 Å². The quantitative estimate of drug-likeness (QED) is 0.385. The highest BCUT2D eigenvalue weighted by molar-refractivity contribution is 7.07. The maximum atomic E-state index is 12.3. The highest BCUT2D eigenvalue weighted by atomic mass is 32.1. The maximum Gasteiger partial charge on any atom is 0.338 e. The summed E-state index contributed by atoms with van der Waals surface area (Å²) in [7, 11) is 1.62. The maximum absolute atomic E-state index is 12.3. The molecule has 2 heterocycles. The summed E-state index contributed by atoms with van der Waals surface area (Å²) in [6, 6.07) is 6.10. The van der Waals surface area contributed by atoms with Crippen LogP contribution in [0, 0.1) is 10.1 Å². The molecule has 0 unspecified atom stereocenters. The second kappa shape index (κ2) is 9.48. The number of ether oxygens (including phenoxy) is 2. The van der Waals surface area contributed by atoms with Crippen LogP contribution in [0.25, 0.3) is 0 Å². The second-order valence-corrected chi connectivity index (χ2v) is 7.30. The Morgan fingerprint density at radius 1 is 1.31 bits per heavy atom. The van der Waals surface area contributed by atoms with Gasteiger partial charge in [-0.2, -0.15) is 11.3 Å². The number of carbonyl (C=O) groups is 2. The number of esters is 1. The van der Waals surface area contributed by atoms with Crippen molar-refractivity contribution < 1.29 is 24.0 Å². The Hall–Kier alpha value is -2.98. The molecule has 1 fully saturated rings. The van der Waals surface area contributed by atoms with E-state index in [1.807, 2.05) is 21.7 Å². The van der Waals surface area contributed by atoms with Gasteiger partial charge in [0.05, 0.1) is 23.7 Å². The standard InChI is InChI=1S/C19H21N3O6S/c1-20(11-14-4-9-29-13-14)18(23)12-28-19(24)15-2-3-16(17(10-15)22(25)26)21-5-7-27-8-6-21/h2-4,9-10,13H,5-8,11-12H2,1H3. The number of morpholine rings is 1. The molecule has 1 aliphatic heterocycles. The predicted molar refractivity (Wildman–Crippen MR) is 107 cm³/mol. The van der Waals surface area contributed by atoms with Gasteiger partial charge in [-0.15, -0.1) is 0 Å². The number of benzene rings is 1. The van der Waals surface area contributed by atoms with E-state index in [0.717, 1.165) is 5.56 Å². The predicted octanol–water partition coefficient (Wildman–Crippen LogP) is 2.31. The van der Waals surface area contributed by atoms with E-state index in [1.165, 1.54) is 34.4 Å². The van der Waals surface area contributed by atoms with E-state index in [4.69, 9.17) is 9.47 Å². The minimum Gasteiger partial charge on any atom is -0.452 e. The van der Waals surface area contributed by atoms with Gasteiger partial charge in [0.25, 0.3) is 11.6 Å². The molecular weight excluding hydrogens is 398 g/mol. The van der Waals surface area contributed by atoms with Gasteiger partial charge >= 0.3 is 5.97 Å². The zero-order chi connectivity index (χ0) is 20.8. The molecule has 0 N–H and O–H groups in total. The summed E-state index contributed by atoms with van der Waals surface area (Å²) in [6.45, 7) is 2.03. The van der Waals surface area contributed by atoms with Crippen LogP contribution in [-0.2, 0) is 20.8 Å². The third kappa shape index (κ3) is 5.30. The molecule has 1 saturated heterocycles. The number of nitrogens with zero attached hydrogens (tertiary/aromatic N) is 3. The molecule has 1 aromatic carbocycles. The first-order valence-electron chi connectivity index (χ1n) is 8.99. The summed E-state index contributed by atoms with van der Waals surface area (Å²) >= 11 is 1.54. The minimum atomic E-state index is -0.779. The first-order valence-corrected chi connectivity index (χ1v) is 9.93. The lowest BCUT2D eigenvalue weighted by molar-refractivity contribution is -0.384. The van der Waals surface area contributed by atoms with Crippen molar-refractivity contribution in [1.82, 2.24) is 4.90 Å². The summed E-state index contributed by atoms with van der Waals surface area (Å²) < 4.78 is 10.3. The molecule has 0 spiro atoms. The van der Waals surface area contributed by atoms with E-state index >= 15 is 0 Å². The number of hydrogen-bond acceptors (Lipinski definition) is 8. The van der Waals surface area contributed by atoms with E-state index in [2.05, 4.69) is 0 Å². The Balaban J connectivity index is 1.63. The molecule has 9 nitrogen and oxygen atoms in total. The number of carbonyl (C=O) groups excluding carboxylic acids is 2. The van der Waals surface area contributed by atoms with Crippen molar-refractivity contribution in [1.29, 1.82) is 0 Å². The van der Waals surface area contributed by atoms with Crippen molar-refractivity contribution >= 4 is 34.6 Å². The lowest BCUT2D eigenvalue weighted by Gasteiger charge is -2.28. The van der Waals surface area contributed by atoms with Gasteiger partial charge in [0.1, 0.15) is 5.69 Å². The molecule has 0 saturated carbocycles. The first kappa shape index (κ1) is 20.7. The van der Waals surface area contributed by atoms with Crippen molar-refractivity contribution in [3.8, 4) is 0 Å². The number of amides is 1. The van der Waals surface area contributed by atoms with Gasteiger partial charge in [0.2, 0.25) is 0 Å². The molecule has 29 heavy (non-hydrogen) atoms. The summed E-state index contributed by atoms with van der Waals surface area (Å²) in [5, 5.41) is 15.3. The number of rotatable bonds is 7. The topological polar surface area (TPSA) is 102 Å². The summed E-state index contributed by atoms with van der Waals surface area (Å²) in [6.07, 6.45) is 0. The number of anilines is 1. The van der Waals surface area contributed by atoms with Gasteiger partial charge in [-0.3, -0.25) is 14.9 Å². The molecule has 2 aromatic rings. The molecule has 1 aromatic heterocycles.